The molecule has 8 heteroatoms. The summed E-state index contributed by atoms with van der Waals surface area (Å²) in [6, 6.07) is 23.8. The van der Waals surface area contributed by atoms with Crippen molar-refractivity contribution < 1.29 is 0 Å². The summed E-state index contributed by atoms with van der Waals surface area (Å²) in [5.41, 5.74) is 3.84. The topological polar surface area (TPSA) is 49.6 Å². The molecule has 5 aromatic rings. The Morgan fingerprint density at radius 2 is 1.50 bits per heavy atom. The lowest BCUT2D eigenvalue weighted by atomic mass is 10.2. The van der Waals surface area contributed by atoms with Crippen LogP contribution < -0.4 is 4.90 Å². The Balaban J connectivity index is 1.37. The standard InChI is InChI=1S/C26H22Cl2N6/c27-20-11-9-18(10-12-20)24-30-31-25-21-6-2-4-8-23(21)29-26(34(24)25)33-15-13-32(14-16-33)17-19-5-1-3-7-22(19)28/h1-12H,13-17H2. The summed E-state index contributed by atoms with van der Waals surface area (Å²) in [5, 5.41) is 11.6. The average molecular weight is 489 g/mol. The van der Waals surface area contributed by atoms with Crippen molar-refractivity contribution in [2.45, 2.75) is 6.54 Å². The van der Waals surface area contributed by atoms with Crippen molar-refractivity contribution in [2.24, 2.45) is 0 Å². The highest BCUT2D eigenvalue weighted by Crippen LogP contribution is 2.29. The van der Waals surface area contributed by atoms with E-state index in [1.54, 1.807) is 0 Å². The molecular weight excluding hydrogens is 467 g/mol. The van der Waals surface area contributed by atoms with Gasteiger partial charge < -0.3 is 4.90 Å². The van der Waals surface area contributed by atoms with E-state index >= 15 is 0 Å². The molecule has 0 bridgehead atoms. The maximum atomic E-state index is 6.39. The van der Waals surface area contributed by atoms with Gasteiger partial charge in [-0.25, -0.2) is 9.38 Å². The summed E-state index contributed by atoms with van der Waals surface area (Å²) < 4.78 is 2.08. The van der Waals surface area contributed by atoms with Crippen LogP contribution in [0.5, 0.6) is 0 Å². The lowest BCUT2D eigenvalue weighted by molar-refractivity contribution is 0.248. The van der Waals surface area contributed by atoms with E-state index in [9.17, 15) is 0 Å². The number of aromatic nitrogens is 4. The molecule has 3 heterocycles. The molecular formula is C26H22Cl2N6. The minimum absolute atomic E-state index is 0.691. The molecule has 2 aromatic heterocycles. The zero-order chi connectivity index (χ0) is 23.1. The summed E-state index contributed by atoms with van der Waals surface area (Å²) in [6.07, 6.45) is 0. The molecule has 1 saturated heterocycles. The number of benzene rings is 3. The molecule has 1 fully saturated rings. The smallest absolute Gasteiger partial charge is 0.213 e. The van der Waals surface area contributed by atoms with E-state index < -0.39 is 0 Å². The van der Waals surface area contributed by atoms with Gasteiger partial charge in [-0.2, -0.15) is 0 Å². The molecule has 0 amide bonds. The van der Waals surface area contributed by atoms with Gasteiger partial charge in [0.1, 0.15) is 0 Å². The van der Waals surface area contributed by atoms with Crippen molar-refractivity contribution in [1.82, 2.24) is 24.5 Å². The molecule has 0 unspecified atom stereocenters. The molecule has 0 N–H and O–H groups in total. The van der Waals surface area contributed by atoms with Gasteiger partial charge in [-0.3, -0.25) is 4.90 Å². The third kappa shape index (κ3) is 3.88. The number of para-hydroxylation sites is 1. The molecule has 0 spiro atoms. The van der Waals surface area contributed by atoms with Crippen LogP contribution in [0.4, 0.5) is 5.95 Å². The Morgan fingerprint density at radius 3 is 2.29 bits per heavy atom. The Morgan fingerprint density at radius 1 is 0.765 bits per heavy atom. The molecule has 0 atom stereocenters. The molecule has 170 valence electrons. The zero-order valence-electron chi connectivity index (χ0n) is 18.4. The second-order valence-corrected chi connectivity index (χ2v) is 9.32. The van der Waals surface area contributed by atoms with Crippen LogP contribution in [0.3, 0.4) is 0 Å². The number of fused-ring (bicyclic) bond motifs is 3. The third-order valence-corrected chi connectivity index (χ3v) is 6.96. The summed E-state index contributed by atoms with van der Waals surface area (Å²) in [6.45, 7) is 4.38. The van der Waals surface area contributed by atoms with Crippen molar-refractivity contribution >= 4 is 45.7 Å². The minimum atomic E-state index is 0.691. The summed E-state index contributed by atoms with van der Waals surface area (Å²) in [7, 11) is 0. The fourth-order valence-corrected chi connectivity index (χ4v) is 4.86. The van der Waals surface area contributed by atoms with Crippen LogP contribution in [0.25, 0.3) is 27.9 Å². The predicted molar refractivity (Wildman–Crippen MR) is 138 cm³/mol. The summed E-state index contributed by atoms with van der Waals surface area (Å²) in [4.78, 5) is 9.83. The molecule has 1 aliphatic heterocycles. The normalized spacial score (nSPS) is 14.8. The van der Waals surface area contributed by atoms with Crippen molar-refractivity contribution in [3.8, 4) is 11.4 Å². The number of halogens is 2. The number of piperazine rings is 1. The van der Waals surface area contributed by atoms with Crippen LogP contribution in [0.2, 0.25) is 10.0 Å². The van der Waals surface area contributed by atoms with E-state index in [2.05, 4.69) is 30.5 Å². The first-order valence-corrected chi connectivity index (χ1v) is 12.0. The van der Waals surface area contributed by atoms with E-state index in [0.717, 1.165) is 77.2 Å². The Hall–Kier alpha value is -3.19. The van der Waals surface area contributed by atoms with Crippen LogP contribution in [0, 0.1) is 0 Å². The van der Waals surface area contributed by atoms with E-state index in [1.165, 1.54) is 0 Å². The lowest BCUT2D eigenvalue weighted by Crippen LogP contribution is -2.46. The Bertz CT molecular complexity index is 1470. The zero-order valence-corrected chi connectivity index (χ0v) is 19.9. The molecule has 34 heavy (non-hydrogen) atoms. The first-order chi connectivity index (χ1) is 16.7. The van der Waals surface area contributed by atoms with Gasteiger partial charge in [-0.05, 0) is 48.0 Å². The first kappa shape index (κ1) is 21.4. The van der Waals surface area contributed by atoms with Gasteiger partial charge >= 0.3 is 0 Å². The summed E-state index contributed by atoms with van der Waals surface area (Å²) >= 11 is 12.5. The SMILES string of the molecule is Clc1ccc(-c2nnc3c4ccccc4nc(N4CCN(Cc5ccccc5Cl)CC4)n23)cc1. The largest absolute Gasteiger partial charge is 0.339 e. The monoisotopic (exact) mass is 488 g/mol. The van der Waals surface area contributed by atoms with Gasteiger partial charge in [-0.1, -0.05) is 53.5 Å². The van der Waals surface area contributed by atoms with Crippen molar-refractivity contribution in [3.63, 3.8) is 0 Å². The van der Waals surface area contributed by atoms with Crippen LogP contribution in [-0.4, -0.2) is 50.7 Å². The molecule has 3 aromatic carbocycles. The lowest BCUT2D eigenvalue weighted by Gasteiger charge is -2.35. The van der Waals surface area contributed by atoms with E-state index in [0.29, 0.717) is 5.02 Å². The summed E-state index contributed by atoms with van der Waals surface area (Å²) in [5.74, 6) is 1.62. The van der Waals surface area contributed by atoms with Crippen LogP contribution in [-0.2, 0) is 6.54 Å². The van der Waals surface area contributed by atoms with Gasteiger partial charge in [0.05, 0.1) is 5.52 Å². The fourth-order valence-electron chi connectivity index (χ4n) is 4.54. The van der Waals surface area contributed by atoms with Gasteiger partial charge in [0.15, 0.2) is 11.5 Å². The maximum absolute atomic E-state index is 6.39. The number of rotatable bonds is 4. The van der Waals surface area contributed by atoms with Crippen LogP contribution >= 0.6 is 23.2 Å². The van der Waals surface area contributed by atoms with Gasteiger partial charge in [0, 0.05) is 53.7 Å². The number of hydrogen-bond acceptors (Lipinski definition) is 5. The highest BCUT2D eigenvalue weighted by Gasteiger charge is 2.24. The molecule has 0 radical (unpaired) electrons. The van der Waals surface area contributed by atoms with Gasteiger partial charge in [-0.15, -0.1) is 10.2 Å². The quantitative estimate of drug-likeness (QED) is 0.330. The number of nitrogens with zero attached hydrogens (tertiary/aromatic N) is 6. The molecule has 1 aliphatic rings. The van der Waals surface area contributed by atoms with Crippen molar-refractivity contribution in [1.29, 1.82) is 0 Å². The Labute approximate surface area is 207 Å². The highest BCUT2D eigenvalue weighted by molar-refractivity contribution is 6.31. The van der Waals surface area contributed by atoms with E-state index in [4.69, 9.17) is 28.2 Å². The number of hydrogen-bond donors (Lipinski definition) is 0. The van der Waals surface area contributed by atoms with Gasteiger partial charge in [0.25, 0.3) is 0 Å². The molecule has 0 saturated carbocycles. The maximum Gasteiger partial charge on any atom is 0.213 e. The molecule has 6 nitrogen and oxygen atoms in total. The van der Waals surface area contributed by atoms with E-state index in [-0.39, 0.29) is 0 Å². The minimum Gasteiger partial charge on any atom is -0.339 e. The van der Waals surface area contributed by atoms with Gasteiger partial charge in [0.2, 0.25) is 5.95 Å². The second kappa shape index (κ2) is 8.87. The van der Waals surface area contributed by atoms with E-state index in [1.807, 2.05) is 66.7 Å². The fraction of sp³-hybridized carbons (Fsp3) is 0.192. The van der Waals surface area contributed by atoms with Crippen LogP contribution in [0.1, 0.15) is 5.56 Å². The second-order valence-electron chi connectivity index (χ2n) is 8.47. The van der Waals surface area contributed by atoms with Crippen molar-refractivity contribution in [2.75, 3.05) is 31.1 Å². The molecule has 0 aliphatic carbocycles. The average Bonchev–Trinajstić information content (AvgIpc) is 3.32. The Kier molecular flexibility index (Phi) is 5.57. The number of anilines is 1. The third-order valence-electron chi connectivity index (χ3n) is 6.34. The predicted octanol–water partition coefficient (Wildman–Crippen LogP) is 5.57. The molecule has 6 rings (SSSR count). The highest BCUT2D eigenvalue weighted by atomic mass is 35.5. The van der Waals surface area contributed by atoms with Crippen molar-refractivity contribution in [3.05, 3.63) is 88.4 Å². The van der Waals surface area contributed by atoms with Crippen LogP contribution in [0.15, 0.2) is 72.8 Å². The first-order valence-electron chi connectivity index (χ1n) is 11.3.